The molecule has 0 heterocycles. The third-order valence-electron chi connectivity index (χ3n) is 4.67. The monoisotopic (exact) mass is 408 g/mol. The van der Waals surface area contributed by atoms with Crippen molar-refractivity contribution < 1.29 is 13.2 Å². The van der Waals surface area contributed by atoms with Gasteiger partial charge in [0.05, 0.1) is 10.9 Å². The summed E-state index contributed by atoms with van der Waals surface area (Å²) in [4.78, 5) is 12.9. The summed E-state index contributed by atoms with van der Waals surface area (Å²) in [6.07, 6.45) is 0. The lowest BCUT2D eigenvalue weighted by atomic mass is 10.00. The van der Waals surface area contributed by atoms with Crippen LogP contribution in [0.25, 0.3) is 0 Å². The van der Waals surface area contributed by atoms with E-state index in [4.69, 9.17) is 0 Å². The molecule has 0 aliphatic rings. The molecule has 2 N–H and O–H groups in total. The minimum atomic E-state index is -3.71. The van der Waals surface area contributed by atoms with Gasteiger partial charge in [-0.2, -0.15) is 0 Å². The van der Waals surface area contributed by atoms with E-state index in [2.05, 4.69) is 16.1 Å². The summed E-state index contributed by atoms with van der Waals surface area (Å²) in [5, 5.41) is 2.98. The zero-order valence-corrected chi connectivity index (χ0v) is 17.5. The van der Waals surface area contributed by atoms with E-state index in [-0.39, 0.29) is 16.8 Å². The maximum Gasteiger partial charge on any atom is 0.261 e. The quantitative estimate of drug-likeness (QED) is 0.626. The highest BCUT2D eigenvalue weighted by molar-refractivity contribution is 7.92. The molecule has 5 nitrogen and oxygen atoms in total. The van der Waals surface area contributed by atoms with E-state index in [1.54, 1.807) is 36.4 Å². The Bertz CT molecular complexity index is 1130. The molecule has 6 heteroatoms. The third-order valence-corrected chi connectivity index (χ3v) is 6.07. The Morgan fingerprint density at radius 1 is 0.897 bits per heavy atom. The fraction of sp³-hybridized carbons (Fsp3) is 0.174. The van der Waals surface area contributed by atoms with Crippen molar-refractivity contribution in [2.24, 2.45) is 0 Å². The van der Waals surface area contributed by atoms with E-state index in [0.29, 0.717) is 11.3 Å². The predicted molar refractivity (Wildman–Crippen MR) is 115 cm³/mol. The van der Waals surface area contributed by atoms with Crippen molar-refractivity contribution in [2.75, 3.05) is 4.72 Å². The summed E-state index contributed by atoms with van der Waals surface area (Å²) in [5.74, 6) is -0.266. The van der Waals surface area contributed by atoms with Gasteiger partial charge in [0.25, 0.3) is 15.9 Å². The van der Waals surface area contributed by atoms with E-state index in [1.165, 1.54) is 23.8 Å². The topological polar surface area (TPSA) is 75.3 Å². The maximum absolute atomic E-state index is 12.7. The number of benzene rings is 3. The Morgan fingerprint density at radius 3 is 2.31 bits per heavy atom. The van der Waals surface area contributed by atoms with Crippen LogP contribution in [0.4, 0.5) is 5.69 Å². The molecular weight excluding hydrogens is 384 g/mol. The van der Waals surface area contributed by atoms with Gasteiger partial charge in [-0.3, -0.25) is 9.52 Å². The highest BCUT2D eigenvalue weighted by Crippen LogP contribution is 2.21. The van der Waals surface area contributed by atoms with Gasteiger partial charge in [-0.05, 0) is 62.2 Å². The Kier molecular flexibility index (Phi) is 6.03. The second kappa shape index (κ2) is 8.49. The molecule has 29 heavy (non-hydrogen) atoms. The van der Waals surface area contributed by atoms with E-state index in [9.17, 15) is 13.2 Å². The van der Waals surface area contributed by atoms with Crippen molar-refractivity contribution in [1.82, 2.24) is 5.32 Å². The van der Waals surface area contributed by atoms with Gasteiger partial charge >= 0.3 is 0 Å². The Morgan fingerprint density at radius 2 is 1.62 bits per heavy atom. The number of anilines is 1. The van der Waals surface area contributed by atoms with Crippen LogP contribution in [-0.4, -0.2) is 14.3 Å². The average molecular weight is 409 g/mol. The summed E-state index contributed by atoms with van der Waals surface area (Å²) >= 11 is 0. The molecule has 0 bridgehead atoms. The van der Waals surface area contributed by atoms with Crippen LogP contribution >= 0.6 is 0 Å². The highest BCUT2D eigenvalue weighted by Gasteiger charge is 2.16. The number of hydrogen-bond acceptors (Lipinski definition) is 3. The number of aryl methyl sites for hydroxylation is 2. The lowest BCUT2D eigenvalue weighted by molar-refractivity contribution is 0.0940. The smallest absolute Gasteiger partial charge is 0.261 e. The molecule has 0 radical (unpaired) electrons. The van der Waals surface area contributed by atoms with E-state index in [0.717, 1.165) is 11.1 Å². The zero-order valence-electron chi connectivity index (χ0n) is 16.6. The molecule has 150 valence electrons. The third kappa shape index (κ3) is 5.03. The molecule has 1 atom stereocenters. The largest absolute Gasteiger partial charge is 0.346 e. The molecule has 0 spiro atoms. The van der Waals surface area contributed by atoms with E-state index < -0.39 is 10.0 Å². The summed E-state index contributed by atoms with van der Waals surface area (Å²) < 4.78 is 27.5. The minimum absolute atomic E-state index is 0.165. The summed E-state index contributed by atoms with van der Waals surface area (Å²) in [6.45, 7) is 5.98. The van der Waals surface area contributed by atoms with Crippen LogP contribution in [0, 0.1) is 13.8 Å². The number of amides is 1. The van der Waals surface area contributed by atoms with Crippen LogP contribution in [-0.2, 0) is 10.0 Å². The van der Waals surface area contributed by atoms with Crippen LogP contribution in [0.2, 0.25) is 0 Å². The second-order valence-corrected chi connectivity index (χ2v) is 8.74. The molecule has 0 unspecified atom stereocenters. The number of carbonyl (C=O) groups is 1. The molecule has 3 rings (SSSR count). The van der Waals surface area contributed by atoms with Gasteiger partial charge in [-0.25, -0.2) is 8.42 Å². The highest BCUT2D eigenvalue weighted by atomic mass is 32.2. The number of rotatable bonds is 6. The van der Waals surface area contributed by atoms with Crippen LogP contribution in [0.1, 0.15) is 40.0 Å². The van der Waals surface area contributed by atoms with Crippen molar-refractivity contribution in [3.63, 3.8) is 0 Å². The Balaban J connectivity index is 1.76. The lowest BCUT2D eigenvalue weighted by Crippen LogP contribution is -2.27. The number of carbonyl (C=O) groups excluding carboxylic acids is 1. The van der Waals surface area contributed by atoms with Crippen molar-refractivity contribution >= 4 is 21.6 Å². The van der Waals surface area contributed by atoms with Crippen molar-refractivity contribution in [3.05, 3.63) is 95.1 Å². The van der Waals surface area contributed by atoms with Crippen molar-refractivity contribution in [2.45, 2.75) is 31.7 Å². The fourth-order valence-electron chi connectivity index (χ4n) is 3.21. The molecular formula is C23H24N2O3S. The Labute approximate surface area is 171 Å². The molecule has 0 aromatic heterocycles. The summed E-state index contributed by atoms with van der Waals surface area (Å²) in [7, 11) is -3.71. The first-order chi connectivity index (χ1) is 13.8. The molecule has 0 aliphatic carbocycles. The first-order valence-electron chi connectivity index (χ1n) is 9.32. The van der Waals surface area contributed by atoms with Gasteiger partial charge in [0.2, 0.25) is 0 Å². The molecule has 3 aromatic rings. The molecule has 3 aromatic carbocycles. The van der Waals surface area contributed by atoms with Gasteiger partial charge in [-0.15, -0.1) is 0 Å². The van der Waals surface area contributed by atoms with E-state index >= 15 is 0 Å². The predicted octanol–water partition coefficient (Wildman–Crippen LogP) is 4.60. The molecule has 0 saturated carbocycles. The molecule has 0 saturated heterocycles. The number of sulfonamides is 1. The maximum atomic E-state index is 12.7. The first kappa shape index (κ1) is 20.6. The lowest BCUT2D eigenvalue weighted by Gasteiger charge is -2.17. The van der Waals surface area contributed by atoms with Crippen LogP contribution in [0.5, 0.6) is 0 Å². The van der Waals surface area contributed by atoms with Gasteiger partial charge < -0.3 is 5.32 Å². The van der Waals surface area contributed by atoms with Crippen LogP contribution < -0.4 is 10.0 Å². The van der Waals surface area contributed by atoms with E-state index in [1.807, 2.05) is 32.9 Å². The van der Waals surface area contributed by atoms with Gasteiger partial charge in [0, 0.05) is 11.3 Å². The van der Waals surface area contributed by atoms with Crippen LogP contribution in [0.3, 0.4) is 0 Å². The fourth-order valence-corrected chi connectivity index (χ4v) is 4.28. The second-order valence-electron chi connectivity index (χ2n) is 7.05. The number of hydrogen-bond donors (Lipinski definition) is 2. The number of nitrogens with one attached hydrogen (secondary N) is 2. The average Bonchev–Trinajstić information content (AvgIpc) is 2.68. The normalized spacial score (nSPS) is 12.2. The molecule has 0 fully saturated rings. The van der Waals surface area contributed by atoms with Crippen molar-refractivity contribution in [3.8, 4) is 0 Å². The SMILES string of the molecule is Cc1ccc([C@@H](C)NC(=O)c2cccc(NS(=O)(=O)c3ccccc3)c2)c(C)c1. The molecule has 0 aliphatic heterocycles. The first-order valence-corrected chi connectivity index (χ1v) is 10.8. The Hall–Kier alpha value is -3.12. The standard InChI is InChI=1S/C23H24N2O3S/c1-16-12-13-22(17(2)14-16)18(3)24-23(26)19-8-7-9-20(15-19)25-29(27,28)21-10-5-4-6-11-21/h4-15,18,25H,1-3H3,(H,24,26)/t18-/m1/s1. The van der Waals surface area contributed by atoms with Crippen LogP contribution in [0.15, 0.2) is 77.7 Å². The van der Waals surface area contributed by atoms with Gasteiger partial charge in [0.15, 0.2) is 0 Å². The minimum Gasteiger partial charge on any atom is -0.346 e. The van der Waals surface area contributed by atoms with Gasteiger partial charge in [0.1, 0.15) is 0 Å². The zero-order chi connectivity index (χ0) is 21.0. The van der Waals surface area contributed by atoms with Crippen molar-refractivity contribution in [1.29, 1.82) is 0 Å². The molecule has 1 amide bonds. The summed E-state index contributed by atoms with van der Waals surface area (Å²) in [6, 6.07) is 20.5. The summed E-state index contributed by atoms with van der Waals surface area (Å²) in [5.41, 5.74) is 4.05. The van der Waals surface area contributed by atoms with Gasteiger partial charge in [-0.1, -0.05) is 48.0 Å².